The molecule has 0 spiro atoms. The van der Waals surface area contributed by atoms with Gasteiger partial charge in [-0.3, -0.25) is 4.98 Å². The van der Waals surface area contributed by atoms with Crippen LogP contribution in [0.15, 0.2) is 53.1 Å². The average molecular weight is 305 g/mol. The van der Waals surface area contributed by atoms with Gasteiger partial charge in [0.15, 0.2) is 0 Å². The van der Waals surface area contributed by atoms with Gasteiger partial charge in [-0.15, -0.1) is 0 Å². The molecule has 0 aliphatic heterocycles. The van der Waals surface area contributed by atoms with Crippen LogP contribution in [0, 0.1) is 0 Å². The molecular formula is C15H17BrN2. The predicted molar refractivity (Wildman–Crippen MR) is 78.5 cm³/mol. The van der Waals surface area contributed by atoms with E-state index in [0.717, 1.165) is 23.3 Å². The van der Waals surface area contributed by atoms with E-state index in [1.54, 1.807) is 0 Å². The summed E-state index contributed by atoms with van der Waals surface area (Å²) in [5, 5.41) is 3.44. The molecular weight excluding hydrogens is 288 g/mol. The molecule has 0 aliphatic carbocycles. The van der Waals surface area contributed by atoms with Gasteiger partial charge in [0.2, 0.25) is 0 Å². The van der Waals surface area contributed by atoms with E-state index in [9.17, 15) is 0 Å². The van der Waals surface area contributed by atoms with Crippen LogP contribution in [0.4, 0.5) is 0 Å². The van der Waals surface area contributed by atoms with E-state index in [1.807, 2.05) is 18.3 Å². The molecule has 1 aromatic carbocycles. The molecule has 0 radical (unpaired) electrons. The molecule has 0 saturated carbocycles. The van der Waals surface area contributed by atoms with Gasteiger partial charge in [-0.25, -0.2) is 0 Å². The van der Waals surface area contributed by atoms with Crippen molar-refractivity contribution in [3.63, 3.8) is 0 Å². The van der Waals surface area contributed by atoms with Gasteiger partial charge < -0.3 is 5.32 Å². The second kappa shape index (κ2) is 6.66. The third-order valence-corrected chi connectivity index (χ3v) is 3.38. The second-order valence-corrected chi connectivity index (χ2v) is 5.33. The third-order valence-electron chi connectivity index (χ3n) is 2.91. The summed E-state index contributed by atoms with van der Waals surface area (Å²) in [5.74, 6) is 0.515. The van der Waals surface area contributed by atoms with Gasteiger partial charge in [-0.05, 0) is 39.5 Å². The Morgan fingerprint density at radius 2 is 1.94 bits per heavy atom. The number of rotatable bonds is 5. The summed E-state index contributed by atoms with van der Waals surface area (Å²) >= 11 is 3.38. The monoisotopic (exact) mass is 304 g/mol. The number of aromatic nitrogens is 1. The third kappa shape index (κ3) is 3.93. The van der Waals surface area contributed by atoms with Crippen LogP contribution in [-0.2, 0) is 6.54 Å². The van der Waals surface area contributed by atoms with Gasteiger partial charge >= 0.3 is 0 Å². The lowest BCUT2D eigenvalue weighted by Crippen LogP contribution is -2.20. The zero-order valence-corrected chi connectivity index (χ0v) is 12.0. The Kier molecular flexibility index (Phi) is 4.90. The van der Waals surface area contributed by atoms with Crippen LogP contribution in [0.3, 0.4) is 0 Å². The number of halogens is 1. The van der Waals surface area contributed by atoms with E-state index in [4.69, 9.17) is 0 Å². The maximum Gasteiger partial charge on any atom is 0.0542 e. The van der Waals surface area contributed by atoms with Gasteiger partial charge in [-0.2, -0.15) is 0 Å². The molecule has 1 N–H and O–H groups in total. The Morgan fingerprint density at radius 3 is 2.61 bits per heavy atom. The van der Waals surface area contributed by atoms with Crippen molar-refractivity contribution < 1.29 is 0 Å². The van der Waals surface area contributed by atoms with Crippen molar-refractivity contribution in [2.75, 3.05) is 6.54 Å². The van der Waals surface area contributed by atoms with Crippen molar-refractivity contribution in [1.82, 2.24) is 10.3 Å². The molecule has 18 heavy (non-hydrogen) atoms. The fourth-order valence-electron chi connectivity index (χ4n) is 1.83. The first-order valence-corrected chi connectivity index (χ1v) is 6.91. The van der Waals surface area contributed by atoms with E-state index in [1.165, 1.54) is 5.56 Å². The predicted octanol–water partition coefficient (Wildman–Crippen LogP) is 3.74. The van der Waals surface area contributed by atoms with Crippen LogP contribution in [0.5, 0.6) is 0 Å². The van der Waals surface area contributed by atoms with Crippen LogP contribution in [0.25, 0.3) is 0 Å². The molecule has 1 aromatic heterocycles. The van der Waals surface area contributed by atoms with Crippen LogP contribution in [0.1, 0.15) is 24.1 Å². The van der Waals surface area contributed by atoms with Crippen molar-refractivity contribution in [2.24, 2.45) is 0 Å². The van der Waals surface area contributed by atoms with Gasteiger partial charge in [0, 0.05) is 23.8 Å². The summed E-state index contributed by atoms with van der Waals surface area (Å²) in [6, 6.07) is 14.6. The van der Waals surface area contributed by atoms with E-state index >= 15 is 0 Å². The van der Waals surface area contributed by atoms with E-state index in [2.05, 4.69) is 63.5 Å². The van der Waals surface area contributed by atoms with Gasteiger partial charge in [-0.1, -0.05) is 37.3 Å². The first kappa shape index (κ1) is 13.2. The Morgan fingerprint density at radius 1 is 1.17 bits per heavy atom. The van der Waals surface area contributed by atoms with Crippen molar-refractivity contribution in [1.29, 1.82) is 0 Å². The molecule has 0 bridgehead atoms. The topological polar surface area (TPSA) is 24.9 Å². The Hall–Kier alpha value is -1.19. The maximum absolute atomic E-state index is 4.34. The molecule has 2 rings (SSSR count). The Balaban J connectivity index is 1.80. The molecule has 0 aliphatic rings. The first-order chi connectivity index (χ1) is 8.75. The van der Waals surface area contributed by atoms with Crippen LogP contribution in [-0.4, -0.2) is 11.5 Å². The minimum absolute atomic E-state index is 0.515. The highest BCUT2D eigenvalue weighted by molar-refractivity contribution is 9.10. The molecule has 0 saturated heterocycles. The Bertz CT molecular complexity index is 468. The fraction of sp³-hybridized carbons (Fsp3) is 0.267. The van der Waals surface area contributed by atoms with E-state index in [0.29, 0.717) is 5.92 Å². The molecule has 1 heterocycles. The van der Waals surface area contributed by atoms with Crippen molar-refractivity contribution in [3.8, 4) is 0 Å². The summed E-state index contributed by atoms with van der Waals surface area (Å²) < 4.78 is 1.02. The molecule has 3 heteroatoms. The summed E-state index contributed by atoms with van der Waals surface area (Å²) in [6.45, 7) is 4.00. The highest BCUT2D eigenvalue weighted by Gasteiger charge is 2.04. The fourth-order valence-corrected chi connectivity index (χ4v) is 2.06. The molecule has 1 unspecified atom stereocenters. The number of hydrogen-bond acceptors (Lipinski definition) is 2. The molecule has 0 amide bonds. The normalized spacial score (nSPS) is 12.3. The number of nitrogens with one attached hydrogen (secondary N) is 1. The Labute approximate surface area is 117 Å². The van der Waals surface area contributed by atoms with E-state index in [-0.39, 0.29) is 0 Å². The van der Waals surface area contributed by atoms with Gasteiger partial charge in [0.1, 0.15) is 0 Å². The summed E-state index contributed by atoms with van der Waals surface area (Å²) in [5.41, 5.74) is 2.44. The zero-order chi connectivity index (χ0) is 12.8. The lowest BCUT2D eigenvalue weighted by Gasteiger charge is -2.12. The van der Waals surface area contributed by atoms with Crippen molar-refractivity contribution >= 4 is 15.9 Å². The number of hydrogen-bond donors (Lipinski definition) is 1. The number of pyridine rings is 1. The SMILES string of the molecule is CC(CNCc1ccc(Br)cn1)c1ccccc1. The lowest BCUT2D eigenvalue weighted by molar-refractivity contribution is 0.608. The van der Waals surface area contributed by atoms with Crippen LogP contribution < -0.4 is 5.32 Å². The largest absolute Gasteiger partial charge is 0.311 e. The molecule has 0 fully saturated rings. The van der Waals surface area contributed by atoms with Crippen molar-refractivity contribution in [3.05, 3.63) is 64.4 Å². The quantitative estimate of drug-likeness (QED) is 0.910. The highest BCUT2D eigenvalue weighted by Crippen LogP contribution is 2.13. The highest BCUT2D eigenvalue weighted by atomic mass is 79.9. The average Bonchev–Trinajstić information content (AvgIpc) is 2.42. The number of nitrogens with zero attached hydrogens (tertiary/aromatic N) is 1. The van der Waals surface area contributed by atoms with Gasteiger partial charge in [0.05, 0.1) is 5.69 Å². The molecule has 94 valence electrons. The summed E-state index contributed by atoms with van der Waals surface area (Å²) in [6.07, 6.45) is 1.83. The van der Waals surface area contributed by atoms with Crippen LogP contribution >= 0.6 is 15.9 Å². The van der Waals surface area contributed by atoms with Crippen molar-refractivity contribution in [2.45, 2.75) is 19.4 Å². The van der Waals surface area contributed by atoms with Crippen LogP contribution in [0.2, 0.25) is 0 Å². The minimum Gasteiger partial charge on any atom is -0.311 e. The maximum atomic E-state index is 4.34. The molecule has 1 atom stereocenters. The molecule has 2 aromatic rings. The van der Waals surface area contributed by atoms with Gasteiger partial charge in [0.25, 0.3) is 0 Å². The first-order valence-electron chi connectivity index (χ1n) is 6.12. The molecule has 2 nitrogen and oxygen atoms in total. The lowest BCUT2D eigenvalue weighted by atomic mass is 10.0. The smallest absolute Gasteiger partial charge is 0.0542 e. The summed E-state index contributed by atoms with van der Waals surface area (Å²) in [4.78, 5) is 4.34. The second-order valence-electron chi connectivity index (χ2n) is 4.41. The number of benzene rings is 1. The standard InChI is InChI=1S/C15H17BrN2/c1-12(13-5-3-2-4-6-13)9-17-11-15-8-7-14(16)10-18-15/h2-8,10,12,17H,9,11H2,1H3. The van der Waals surface area contributed by atoms with E-state index < -0.39 is 0 Å². The summed E-state index contributed by atoms with van der Waals surface area (Å²) in [7, 11) is 0. The minimum atomic E-state index is 0.515. The zero-order valence-electron chi connectivity index (χ0n) is 10.4.